The molecule has 0 N–H and O–H groups in total. The van der Waals surface area contributed by atoms with E-state index < -0.39 is 6.04 Å². The fourth-order valence-electron chi connectivity index (χ4n) is 4.80. The van der Waals surface area contributed by atoms with Gasteiger partial charge in [-0.1, -0.05) is 18.2 Å². The summed E-state index contributed by atoms with van der Waals surface area (Å²) >= 11 is 0. The molecule has 7 nitrogen and oxygen atoms in total. The van der Waals surface area contributed by atoms with Gasteiger partial charge in [-0.05, 0) is 43.2 Å². The van der Waals surface area contributed by atoms with E-state index in [4.69, 9.17) is 13.9 Å². The molecule has 3 heterocycles. The molecule has 1 saturated heterocycles. The van der Waals surface area contributed by atoms with Gasteiger partial charge in [0, 0.05) is 31.7 Å². The number of hydrogen-bond donors (Lipinski definition) is 0. The molecule has 2 aliphatic rings. The molecule has 0 saturated carbocycles. The van der Waals surface area contributed by atoms with Crippen molar-refractivity contribution in [2.75, 3.05) is 46.5 Å². The van der Waals surface area contributed by atoms with Gasteiger partial charge in [-0.15, -0.1) is 0 Å². The van der Waals surface area contributed by atoms with E-state index in [1.54, 1.807) is 12.0 Å². The quantitative estimate of drug-likeness (QED) is 0.597. The number of morpholine rings is 1. The molecule has 5 rings (SSSR count). The molecule has 0 spiro atoms. The molecule has 33 heavy (non-hydrogen) atoms. The summed E-state index contributed by atoms with van der Waals surface area (Å²) in [6.45, 7) is 8.14. The predicted molar refractivity (Wildman–Crippen MR) is 125 cm³/mol. The molecule has 1 aromatic heterocycles. The van der Waals surface area contributed by atoms with Crippen LogP contribution in [0.3, 0.4) is 0 Å². The van der Waals surface area contributed by atoms with Gasteiger partial charge in [0.05, 0.1) is 37.3 Å². The minimum Gasteiger partial charge on any atom is -0.496 e. The van der Waals surface area contributed by atoms with Crippen LogP contribution >= 0.6 is 0 Å². The van der Waals surface area contributed by atoms with Crippen LogP contribution in [-0.4, -0.2) is 62.2 Å². The lowest BCUT2D eigenvalue weighted by Gasteiger charge is -2.31. The molecule has 1 amide bonds. The van der Waals surface area contributed by atoms with Crippen molar-refractivity contribution in [3.63, 3.8) is 0 Å². The summed E-state index contributed by atoms with van der Waals surface area (Å²) in [5.74, 6) is 0.513. The van der Waals surface area contributed by atoms with E-state index in [1.807, 2.05) is 50.2 Å². The molecule has 172 valence electrons. The predicted octanol–water partition coefficient (Wildman–Crippen LogP) is 3.30. The summed E-state index contributed by atoms with van der Waals surface area (Å²) in [5.41, 5.74) is 3.49. The number of carbonyl (C=O) groups excluding carboxylic acids is 1. The summed E-state index contributed by atoms with van der Waals surface area (Å²) in [6, 6.07) is 10.7. The largest absolute Gasteiger partial charge is 0.496 e. The lowest BCUT2D eigenvalue weighted by Crippen LogP contribution is -2.42. The van der Waals surface area contributed by atoms with Crippen molar-refractivity contribution in [1.29, 1.82) is 0 Å². The average Bonchev–Trinajstić information content (AvgIpc) is 3.11. The number of fused-ring (bicyclic) bond motifs is 2. The third-order valence-electron chi connectivity index (χ3n) is 6.78. The van der Waals surface area contributed by atoms with Crippen molar-refractivity contribution in [3.8, 4) is 5.75 Å². The monoisotopic (exact) mass is 448 g/mol. The van der Waals surface area contributed by atoms with E-state index in [9.17, 15) is 9.59 Å². The highest BCUT2D eigenvalue weighted by molar-refractivity contribution is 5.99. The van der Waals surface area contributed by atoms with Crippen molar-refractivity contribution in [3.05, 3.63) is 74.6 Å². The van der Waals surface area contributed by atoms with Gasteiger partial charge in [-0.3, -0.25) is 14.5 Å². The zero-order chi connectivity index (χ0) is 23.1. The zero-order valence-electron chi connectivity index (χ0n) is 19.2. The zero-order valence-corrected chi connectivity index (χ0v) is 19.2. The summed E-state index contributed by atoms with van der Waals surface area (Å²) in [7, 11) is 1.60. The van der Waals surface area contributed by atoms with Crippen molar-refractivity contribution in [2.45, 2.75) is 19.9 Å². The first kappa shape index (κ1) is 21.7. The Kier molecular flexibility index (Phi) is 5.68. The van der Waals surface area contributed by atoms with E-state index in [-0.39, 0.29) is 17.1 Å². The molecular weight excluding hydrogens is 420 g/mol. The van der Waals surface area contributed by atoms with Gasteiger partial charge >= 0.3 is 0 Å². The normalized spacial score (nSPS) is 18.7. The van der Waals surface area contributed by atoms with Gasteiger partial charge in [0.25, 0.3) is 5.91 Å². The third kappa shape index (κ3) is 3.71. The summed E-state index contributed by atoms with van der Waals surface area (Å²) < 4.78 is 17.2. The Morgan fingerprint density at radius 1 is 1.03 bits per heavy atom. The van der Waals surface area contributed by atoms with E-state index in [0.29, 0.717) is 48.6 Å². The summed E-state index contributed by atoms with van der Waals surface area (Å²) in [5, 5.41) is 0.500. The molecule has 0 radical (unpaired) electrons. The Hall–Kier alpha value is -3.16. The van der Waals surface area contributed by atoms with Crippen molar-refractivity contribution >= 4 is 16.9 Å². The van der Waals surface area contributed by atoms with Crippen LogP contribution in [0.25, 0.3) is 11.0 Å². The van der Waals surface area contributed by atoms with Gasteiger partial charge in [0.2, 0.25) is 5.76 Å². The van der Waals surface area contributed by atoms with E-state index in [2.05, 4.69) is 4.90 Å². The van der Waals surface area contributed by atoms with E-state index in [1.165, 1.54) is 0 Å². The fourth-order valence-corrected chi connectivity index (χ4v) is 4.80. The Labute approximate surface area is 192 Å². The lowest BCUT2D eigenvalue weighted by atomic mass is 9.96. The molecule has 2 aromatic carbocycles. The first-order valence-corrected chi connectivity index (χ1v) is 11.3. The number of benzene rings is 2. The minimum absolute atomic E-state index is 0.133. The summed E-state index contributed by atoms with van der Waals surface area (Å²) in [6.07, 6.45) is 0. The van der Waals surface area contributed by atoms with Gasteiger partial charge in [0.15, 0.2) is 5.43 Å². The highest BCUT2D eigenvalue weighted by Crippen LogP contribution is 2.41. The first-order chi connectivity index (χ1) is 16.0. The SMILES string of the molecule is COc1ccccc1C1c2c(oc3cc(C)c(C)cc3c2=O)C(=O)N1CCN1CCOCC1. The molecule has 0 bridgehead atoms. The van der Waals surface area contributed by atoms with Crippen LogP contribution < -0.4 is 10.2 Å². The van der Waals surface area contributed by atoms with Gasteiger partial charge < -0.3 is 18.8 Å². The standard InChI is InChI=1S/C26H28N2O5/c1-16-14-19-21(15-17(16)2)33-25-22(24(19)29)23(18-6-4-5-7-20(18)31-3)28(26(25)30)9-8-27-10-12-32-13-11-27/h4-7,14-15,23H,8-13H2,1-3H3. The number of ether oxygens (including phenoxy) is 2. The molecule has 1 unspecified atom stereocenters. The smallest absolute Gasteiger partial charge is 0.290 e. The topological polar surface area (TPSA) is 72.2 Å². The number of amides is 1. The molecule has 7 heteroatoms. The molecule has 0 aliphatic carbocycles. The first-order valence-electron chi connectivity index (χ1n) is 11.3. The molecule has 3 aromatic rings. The number of nitrogens with zero attached hydrogens (tertiary/aromatic N) is 2. The Bertz CT molecular complexity index is 1280. The fraction of sp³-hybridized carbons (Fsp3) is 0.385. The second-order valence-corrected chi connectivity index (χ2v) is 8.70. The number of rotatable bonds is 5. The van der Waals surface area contributed by atoms with Crippen LogP contribution in [-0.2, 0) is 4.74 Å². The van der Waals surface area contributed by atoms with Gasteiger partial charge in [0.1, 0.15) is 11.3 Å². The molecule has 1 atom stereocenters. The minimum atomic E-state index is -0.563. The van der Waals surface area contributed by atoms with Crippen molar-refractivity contribution < 1.29 is 18.7 Å². The van der Waals surface area contributed by atoms with Crippen molar-refractivity contribution in [2.24, 2.45) is 0 Å². The highest BCUT2D eigenvalue weighted by atomic mass is 16.5. The number of carbonyl (C=O) groups is 1. The third-order valence-corrected chi connectivity index (χ3v) is 6.78. The van der Waals surface area contributed by atoms with Crippen LogP contribution in [0.1, 0.15) is 38.9 Å². The van der Waals surface area contributed by atoms with Crippen LogP contribution in [0.15, 0.2) is 45.6 Å². The van der Waals surface area contributed by atoms with Crippen LogP contribution in [0, 0.1) is 13.8 Å². The number of aryl methyl sites for hydroxylation is 2. The Morgan fingerprint density at radius 2 is 1.76 bits per heavy atom. The second kappa shape index (κ2) is 8.65. The highest BCUT2D eigenvalue weighted by Gasteiger charge is 2.43. The summed E-state index contributed by atoms with van der Waals surface area (Å²) in [4.78, 5) is 31.4. The maximum absolute atomic E-state index is 13.8. The number of hydrogen-bond acceptors (Lipinski definition) is 6. The van der Waals surface area contributed by atoms with Crippen LogP contribution in [0.2, 0.25) is 0 Å². The van der Waals surface area contributed by atoms with Gasteiger partial charge in [-0.2, -0.15) is 0 Å². The van der Waals surface area contributed by atoms with E-state index >= 15 is 0 Å². The Balaban J connectivity index is 1.65. The lowest BCUT2D eigenvalue weighted by molar-refractivity contribution is 0.0314. The van der Waals surface area contributed by atoms with Crippen LogP contribution in [0.5, 0.6) is 5.75 Å². The number of para-hydroxylation sites is 1. The molecule has 1 fully saturated rings. The second-order valence-electron chi connectivity index (χ2n) is 8.70. The van der Waals surface area contributed by atoms with Crippen molar-refractivity contribution in [1.82, 2.24) is 9.80 Å². The number of methoxy groups -OCH3 is 1. The maximum Gasteiger partial charge on any atom is 0.290 e. The van der Waals surface area contributed by atoms with E-state index in [0.717, 1.165) is 29.8 Å². The Morgan fingerprint density at radius 3 is 2.52 bits per heavy atom. The van der Waals surface area contributed by atoms with Crippen LogP contribution in [0.4, 0.5) is 0 Å². The molecular formula is C26H28N2O5. The van der Waals surface area contributed by atoms with Gasteiger partial charge in [-0.25, -0.2) is 0 Å². The maximum atomic E-state index is 13.8. The molecule has 2 aliphatic heterocycles. The average molecular weight is 449 g/mol.